The van der Waals surface area contributed by atoms with E-state index in [2.05, 4.69) is 10.4 Å². The molecule has 25 heavy (non-hydrogen) atoms. The molecule has 132 valence electrons. The molecule has 2 heterocycles. The lowest BCUT2D eigenvalue weighted by molar-refractivity contribution is -0.136. The van der Waals surface area contributed by atoms with Crippen LogP contribution in [0, 0.1) is 17.8 Å². The zero-order valence-corrected chi connectivity index (χ0v) is 14.4. The minimum atomic E-state index is -0.470. The lowest BCUT2D eigenvalue weighted by atomic mass is 9.52. The Morgan fingerprint density at radius 3 is 2.56 bits per heavy atom. The minimum Gasteiger partial charge on any atom is -0.390 e. The van der Waals surface area contributed by atoms with E-state index in [1.165, 1.54) is 0 Å². The van der Waals surface area contributed by atoms with E-state index in [4.69, 9.17) is 0 Å². The van der Waals surface area contributed by atoms with Crippen molar-refractivity contribution in [2.75, 3.05) is 0 Å². The quantitative estimate of drug-likeness (QED) is 0.896. The van der Waals surface area contributed by atoms with Crippen molar-refractivity contribution in [3.05, 3.63) is 36.3 Å². The Balaban J connectivity index is 1.40. The number of aryl methyl sites for hydroxylation is 1. The Bertz CT molecular complexity index is 794. The van der Waals surface area contributed by atoms with Crippen LogP contribution in [-0.4, -0.2) is 37.0 Å². The molecule has 0 radical (unpaired) electrons. The lowest BCUT2D eigenvalue weighted by Crippen LogP contribution is -2.61. The summed E-state index contributed by atoms with van der Waals surface area (Å²) in [4.78, 5) is 13.0. The Labute approximate surface area is 146 Å². The largest absolute Gasteiger partial charge is 0.390 e. The van der Waals surface area contributed by atoms with Gasteiger partial charge >= 0.3 is 0 Å². The number of nitrogens with one attached hydrogen (secondary N) is 1. The van der Waals surface area contributed by atoms with Crippen molar-refractivity contribution in [2.24, 2.45) is 24.8 Å². The van der Waals surface area contributed by atoms with E-state index >= 15 is 0 Å². The van der Waals surface area contributed by atoms with Gasteiger partial charge in [0.15, 0.2) is 0 Å². The van der Waals surface area contributed by atoms with Gasteiger partial charge in [-0.15, -0.1) is 0 Å². The summed E-state index contributed by atoms with van der Waals surface area (Å²) in [5.41, 5.74) is 0.133. The molecule has 0 spiro atoms. The zero-order valence-electron chi connectivity index (χ0n) is 14.4. The van der Waals surface area contributed by atoms with E-state index in [9.17, 15) is 9.90 Å². The molecule has 2 aromatic heterocycles. The zero-order chi connectivity index (χ0) is 17.2. The van der Waals surface area contributed by atoms with Gasteiger partial charge in [-0.05, 0) is 62.0 Å². The monoisotopic (exact) mass is 340 g/mol. The number of carbonyl (C=O) groups is 1. The summed E-state index contributed by atoms with van der Waals surface area (Å²) in [6, 6.07) is 4.06. The van der Waals surface area contributed by atoms with Gasteiger partial charge in [0.2, 0.25) is 0 Å². The molecule has 0 aromatic carbocycles. The third-order valence-corrected chi connectivity index (χ3v) is 6.54. The summed E-state index contributed by atoms with van der Waals surface area (Å²) in [5.74, 6) is 2.19. The smallest absolute Gasteiger partial charge is 0.256 e. The highest BCUT2D eigenvalue weighted by atomic mass is 16.3. The average molecular weight is 340 g/mol. The third kappa shape index (κ3) is 2.34. The van der Waals surface area contributed by atoms with Crippen LogP contribution in [0.5, 0.6) is 0 Å². The van der Waals surface area contributed by atoms with Crippen molar-refractivity contribution < 1.29 is 9.90 Å². The van der Waals surface area contributed by atoms with Crippen LogP contribution in [0.1, 0.15) is 42.5 Å². The maximum atomic E-state index is 13.0. The van der Waals surface area contributed by atoms with E-state index in [-0.39, 0.29) is 11.9 Å². The lowest BCUT2D eigenvalue weighted by Gasteiger charge is -2.58. The van der Waals surface area contributed by atoms with Gasteiger partial charge in [-0.25, -0.2) is 0 Å². The van der Waals surface area contributed by atoms with Gasteiger partial charge < -0.3 is 15.0 Å². The number of amides is 1. The Morgan fingerprint density at radius 2 is 1.92 bits per heavy atom. The van der Waals surface area contributed by atoms with E-state index < -0.39 is 5.60 Å². The molecule has 4 aliphatic carbocycles. The molecule has 4 bridgehead atoms. The number of aliphatic hydroxyl groups is 1. The highest BCUT2D eigenvalue weighted by Crippen LogP contribution is 2.55. The second kappa shape index (κ2) is 5.21. The number of carbonyl (C=O) groups excluding carboxylic acids is 1. The van der Waals surface area contributed by atoms with Gasteiger partial charge in [0.1, 0.15) is 11.4 Å². The molecule has 5 atom stereocenters. The molecule has 0 aliphatic heterocycles. The predicted octanol–water partition coefficient (Wildman–Crippen LogP) is 1.88. The molecular weight excluding hydrogens is 316 g/mol. The summed E-state index contributed by atoms with van der Waals surface area (Å²) >= 11 is 0. The van der Waals surface area contributed by atoms with Gasteiger partial charge in [0, 0.05) is 25.5 Å². The number of aromatic nitrogens is 3. The van der Waals surface area contributed by atoms with Crippen molar-refractivity contribution in [3.63, 3.8) is 0 Å². The van der Waals surface area contributed by atoms with E-state index in [0.717, 1.165) is 37.9 Å². The minimum absolute atomic E-state index is 0.0544. The molecule has 3 unspecified atom stereocenters. The summed E-state index contributed by atoms with van der Waals surface area (Å²) < 4.78 is 3.65. The molecule has 6 nitrogen and oxygen atoms in total. The summed E-state index contributed by atoms with van der Waals surface area (Å²) in [7, 11) is 1.85. The Kier molecular flexibility index (Phi) is 3.17. The van der Waals surface area contributed by atoms with Crippen molar-refractivity contribution >= 4 is 5.91 Å². The first-order chi connectivity index (χ1) is 12.0. The van der Waals surface area contributed by atoms with Crippen LogP contribution >= 0.6 is 0 Å². The summed E-state index contributed by atoms with van der Waals surface area (Å²) in [6.07, 6.45) is 10.4. The van der Waals surface area contributed by atoms with Crippen LogP contribution in [-0.2, 0) is 7.05 Å². The Hall–Kier alpha value is -2.08. The van der Waals surface area contributed by atoms with Crippen LogP contribution in [0.2, 0.25) is 0 Å². The molecule has 1 amide bonds. The van der Waals surface area contributed by atoms with Gasteiger partial charge in [-0.3, -0.25) is 9.48 Å². The van der Waals surface area contributed by atoms with Crippen molar-refractivity contribution in [3.8, 4) is 5.82 Å². The van der Waals surface area contributed by atoms with Gasteiger partial charge in [-0.2, -0.15) is 5.10 Å². The first-order valence-corrected chi connectivity index (χ1v) is 9.21. The second-order valence-electron chi connectivity index (χ2n) is 8.29. The van der Waals surface area contributed by atoms with Crippen molar-refractivity contribution in [1.29, 1.82) is 0 Å². The highest BCUT2D eigenvalue weighted by Gasteiger charge is 2.55. The third-order valence-electron chi connectivity index (χ3n) is 6.54. The van der Waals surface area contributed by atoms with Gasteiger partial charge in [0.05, 0.1) is 11.8 Å². The number of nitrogens with zero attached hydrogens (tertiary/aromatic N) is 3. The van der Waals surface area contributed by atoms with E-state index in [1.807, 2.05) is 36.1 Å². The number of hydrogen-bond donors (Lipinski definition) is 2. The van der Waals surface area contributed by atoms with E-state index in [1.54, 1.807) is 10.9 Å². The molecular formula is C19H24N4O2. The second-order valence-corrected chi connectivity index (χ2v) is 8.29. The van der Waals surface area contributed by atoms with Crippen LogP contribution in [0.15, 0.2) is 30.7 Å². The first kappa shape index (κ1) is 15.2. The first-order valence-electron chi connectivity index (χ1n) is 9.21. The van der Waals surface area contributed by atoms with Crippen molar-refractivity contribution in [2.45, 2.75) is 43.7 Å². The summed E-state index contributed by atoms with van der Waals surface area (Å²) in [6.45, 7) is 0. The maximum Gasteiger partial charge on any atom is 0.256 e. The van der Waals surface area contributed by atoms with E-state index in [0.29, 0.717) is 23.3 Å². The molecule has 2 N–H and O–H groups in total. The molecule has 2 aromatic rings. The Morgan fingerprint density at radius 1 is 1.24 bits per heavy atom. The maximum absolute atomic E-state index is 13.0. The fourth-order valence-corrected chi connectivity index (χ4v) is 5.82. The number of hydrogen-bond acceptors (Lipinski definition) is 3. The SMILES string of the molecule is Cn1ncc(C(=O)NC2[C@@H]3CC4C[C@H]2CC(O)(C4)C3)c1-n1cccc1. The molecule has 0 saturated heterocycles. The average Bonchev–Trinajstić information content (AvgIpc) is 3.18. The fraction of sp³-hybridized carbons (Fsp3) is 0.579. The molecule has 6 heteroatoms. The molecule has 4 saturated carbocycles. The van der Waals surface area contributed by atoms with Crippen LogP contribution in [0.4, 0.5) is 0 Å². The van der Waals surface area contributed by atoms with Gasteiger partial charge in [0.25, 0.3) is 5.91 Å². The standard InChI is InChI=1S/C19H24N4O2/c1-22-18(23-4-2-3-5-23)15(11-20-22)17(24)21-16-13-6-12-7-14(16)10-19(25,8-12)9-13/h2-5,11-14,16,25H,6-10H2,1H3,(H,21,24)/t12?,13-,14+,16?,19?. The van der Waals surface area contributed by atoms with Crippen LogP contribution in [0.25, 0.3) is 5.82 Å². The van der Waals surface area contributed by atoms with Crippen molar-refractivity contribution in [1.82, 2.24) is 19.7 Å². The molecule has 4 fully saturated rings. The molecule has 4 aliphatic rings. The molecule has 6 rings (SSSR count). The van der Waals surface area contributed by atoms with Crippen LogP contribution < -0.4 is 5.32 Å². The predicted molar refractivity (Wildman–Crippen MR) is 92.3 cm³/mol. The topological polar surface area (TPSA) is 72.1 Å². The highest BCUT2D eigenvalue weighted by molar-refractivity contribution is 5.97. The van der Waals surface area contributed by atoms with Gasteiger partial charge in [-0.1, -0.05) is 0 Å². The summed E-state index contributed by atoms with van der Waals surface area (Å²) in [5, 5.41) is 18.3. The van der Waals surface area contributed by atoms with Crippen LogP contribution in [0.3, 0.4) is 0 Å². The normalized spacial score (nSPS) is 35.9. The number of rotatable bonds is 3. The fourth-order valence-electron chi connectivity index (χ4n) is 5.82.